The Kier molecular flexibility index (Phi) is 7.65. The van der Waals surface area contributed by atoms with Gasteiger partial charge in [0, 0.05) is 20.6 Å². The summed E-state index contributed by atoms with van der Waals surface area (Å²) in [5.41, 5.74) is 2.96. The minimum atomic E-state index is 0.277. The Morgan fingerprint density at radius 3 is 2.30 bits per heavy atom. The summed E-state index contributed by atoms with van der Waals surface area (Å²) in [6, 6.07) is 20.2. The quantitative estimate of drug-likeness (QED) is 0.269. The molecule has 30 heavy (non-hydrogen) atoms. The van der Waals surface area contributed by atoms with Crippen molar-refractivity contribution in [2.75, 3.05) is 6.61 Å². The van der Waals surface area contributed by atoms with Gasteiger partial charge in [0.15, 0.2) is 11.5 Å². The number of ether oxygens (including phenoxy) is 2. The van der Waals surface area contributed by atoms with Crippen molar-refractivity contribution in [2.45, 2.75) is 13.5 Å². The van der Waals surface area contributed by atoms with Gasteiger partial charge in [0.2, 0.25) is 0 Å². The minimum absolute atomic E-state index is 0.277. The van der Waals surface area contributed by atoms with Gasteiger partial charge in [-0.25, -0.2) is 0 Å². The number of nitriles is 1. The molecule has 3 aromatic carbocycles. The van der Waals surface area contributed by atoms with Crippen molar-refractivity contribution in [3.05, 3.63) is 92.4 Å². The molecule has 0 aliphatic carbocycles. The first-order valence-corrected chi connectivity index (χ1v) is 10.3. The molecule has 152 valence electrons. The number of allylic oxidation sites excluding steroid dienone is 1. The number of rotatable bonds is 7. The molecule has 0 amide bonds. The van der Waals surface area contributed by atoms with Crippen LogP contribution >= 0.6 is 34.8 Å². The molecule has 0 saturated carbocycles. The third-order valence-corrected chi connectivity index (χ3v) is 5.09. The van der Waals surface area contributed by atoms with Gasteiger partial charge in [-0.2, -0.15) is 5.26 Å². The number of nitrogens with zero attached hydrogens (tertiary/aromatic N) is 1. The highest BCUT2D eigenvalue weighted by atomic mass is 35.5. The van der Waals surface area contributed by atoms with Gasteiger partial charge in [0.1, 0.15) is 6.61 Å². The SMILES string of the molecule is CCOc1cc(/C=C(/C#N)c2ccc(Cl)cc2)ccc1OCc1ccc(Cl)cc1Cl. The largest absolute Gasteiger partial charge is 0.490 e. The molecule has 3 rings (SSSR count). The van der Waals surface area contributed by atoms with E-state index in [4.69, 9.17) is 44.3 Å². The molecule has 0 aliphatic heterocycles. The minimum Gasteiger partial charge on any atom is -0.490 e. The Morgan fingerprint density at radius 1 is 0.900 bits per heavy atom. The Balaban J connectivity index is 1.85. The highest BCUT2D eigenvalue weighted by Crippen LogP contribution is 2.32. The van der Waals surface area contributed by atoms with E-state index in [2.05, 4.69) is 6.07 Å². The van der Waals surface area contributed by atoms with Crippen molar-refractivity contribution >= 4 is 46.5 Å². The molecule has 0 radical (unpaired) electrons. The van der Waals surface area contributed by atoms with Gasteiger partial charge in [0.05, 0.1) is 18.2 Å². The van der Waals surface area contributed by atoms with Crippen molar-refractivity contribution in [3.63, 3.8) is 0 Å². The van der Waals surface area contributed by atoms with E-state index < -0.39 is 0 Å². The van der Waals surface area contributed by atoms with E-state index in [-0.39, 0.29) is 6.61 Å². The van der Waals surface area contributed by atoms with Crippen LogP contribution in [0.5, 0.6) is 11.5 Å². The predicted octanol–water partition coefficient (Wildman–Crippen LogP) is 7.69. The monoisotopic (exact) mass is 457 g/mol. The molecule has 6 heteroatoms. The summed E-state index contributed by atoms with van der Waals surface area (Å²) in [4.78, 5) is 0. The van der Waals surface area contributed by atoms with Crippen LogP contribution in [0.1, 0.15) is 23.6 Å². The van der Waals surface area contributed by atoms with Crippen molar-refractivity contribution in [1.29, 1.82) is 5.26 Å². The first kappa shape index (κ1) is 22.1. The number of benzene rings is 3. The zero-order valence-corrected chi connectivity index (χ0v) is 18.4. The number of hydrogen-bond acceptors (Lipinski definition) is 3. The van der Waals surface area contributed by atoms with Crippen LogP contribution in [0.4, 0.5) is 0 Å². The smallest absolute Gasteiger partial charge is 0.161 e. The fourth-order valence-corrected chi connectivity index (χ4v) is 3.36. The average molecular weight is 459 g/mol. The molecule has 0 unspecified atom stereocenters. The van der Waals surface area contributed by atoms with Gasteiger partial charge in [-0.05, 0) is 60.5 Å². The van der Waals surface area contributed by atoms with Gasteiger partial charge >= 0.3 is 0 Å². The molecule has 0 N–H and O–H groups in total. The van der Waals surface area contributed by atoms with Crippen LogP contribution in [0.15, 0.2) is 60.7 Å². The molecule has 0 heterocycles. The average Bonchev–Trinajstić information content (AvgIpc) is 2.73. The van der Waals surface area contributed by atoms with Crippen LogP contribution < -0.4 is 9.47 Å². The maximum atomic E-state index is 9.56. The van der Waals surface area contributed by atoms with Crippen molar-refractivity contribution in [2.24, 2.45) is 0 Å². The van der Waals surface area contributed by atoms with E-state index >= 15 is 0 Å². The van der Waals surface area contributed by atoms with E-state index in [1.54, 1.807) is 30.3 Å². The van der Waals surface area contributed by atoms with Gasteiger partial charge in [-0.3, -0.25) is 0 Å². The highest BCUT2D eigenvalue weighted by molar-refractivity contribution is 6.35. The first-order chi connectivity index (χ1) is 14.5. The summed E-state index contributed by atoms with van der Waals surface area (Å²) in [5, 5.41) is 11.3. The fourth-order valence-electron chi connectivity index (χ4n) is 2.77. The van der Waals surface area contributed by atoms with Crippen molar-refractivity contribution < 1.29 is 9.47 Å². The lowest BCUT2D eigenvalue weighted by molar-refractivity contribution is 0.269. The molecule has 3 aromatic rings. The maximum Gasteiger partial charge on any atom is 0.161 e. The fraction of sp³-hybridized carbons (Fsp3) is 0.125. The molecule has 0 aliphatic rings. The summed E-state index contributed by atoms with van der Waals surface area (Å²) in [6.45, 7) is 2.66. The summed E-state index contributed by atoms with van der Waals surface area (Å²) in [6.07, 6.45) is 1.80. The second kappa shape index (κ2) is 10.4. The third-order valence-electron chi connectivity index (χ3n) is 4.25. The number of halogens is 3. The molecule has 0 fully saturated rings. The molecule has 0 bridgehead atoms. The van der Waals surface area contributed by atoms with Crippen molar-refractivity contribution in [3.8, 4) is 17.6 Å². The van der Waals surface area contributed by atoms with Crippen LogP contribution in [0.25, 0.3) is 11.6 Å². The van der Waals surface area contributed by atoms with E-state index in [1.165, 1.54) is 0 Å². The van der Waals surface area contributed by atoms with Crippen molar-refractivity contribution in [1.82, 2.24) is 0 Å². The molecule has 0 atom stereocenters. The lowest BCUT2D eigenvalue weighted by Gasteiger charge is -2.13. The Hall–Kier alpha value is -2.64. The van der Waals surface area contributed by atoms with Crippen LogP contribution in [0, 0.1) is 11.3 Å². The molecule has 0 spiro atoms. The first-order valence-electron chi connectivity index (χ1n) is 9.21. The van der Waals surface area contributed by atoms with E-state index in [1.807, 2.05) is 43.3 Å². The van der Waals surface area contributed by atoms with E-state index in [0.29, 0.717) is 38.7 Å². The number of hydrogen-bond donors (Lipinski definition) is 0. The topological polar surface area (TPSA) is 42.2 Å². The van der Waals surface area contributed by atoms with Crippen LogP contribution in [0.2, 0.25) is 15.1 Å². The second-order valence-corrected chi connectivity index (χ2v) is 7.62. The van der Waals surface area contributed by atoms with Crippen LogP contribution in [-0.4, -0.2) is 6.61 Å². The van der Waals surface area contributed by atoms with E-state index in [9.17, 15) is 5.26 Å². The van der Waals surface area contributed by atoms with Gasteiger partial charge in [-0.1, -0.05) is 59.1 Å². The summed E-state index contributed by atoms with van der Waals surface area (Å²) >= 11 is 18.1. The van der Waals surface area contributed by atoms with Crippen LogP contribution in [0.3, 0.4) is 0 Å². The summed E-state index contributed by atoms with van der Waals surface area (Å²) in [5.74, 6) is 1.18. The molecule has 0 aromatic heterocycles. The standard InChI is InChI=1S/C24H18Cl3NO2/c1-2-29-24-12-16(11-19(14-28)17-4-7-20(25)8-5-17)3-10-23(24)30-15-18-6-9-21(26)13-22(18)27/h3-13H,2,15H2,1H3/b19-11-. The Morgan fingerprint density at radius 2 is 1.63 bits per heavy atom. The third kappa shape index (κ3) is 5.70. The summed E-state index contributed by atoms with van der Waals surface area (Å²) < 4.78 is 11.7. The second-order valence-electron chi connectivity index (χ2n) is 6.34. The Labute approximate surface area is 191 Å². The molecular weight excluding hydrogens is 441 g/mol. The van der Waals surface area contributed by atoms with Gasteiger partial charge < -0.3 is 9.47 Å². The molecule has 3 nitrogen and oxygen atoms in total. The Bertz CT molecular complexity index is 1100. The van der Waals surface area contributed by atoms with E-state index in [0.717, 1.165) is 16.7 Å². The molecular formula is C24H18Cl3NO2. The zero-order valence-electron chi connectivity index (χ0n) is 16.2. The molecule has 0 saturated heterocycles. The van der Waals surface area contributed by atoms with Gasteiger partial charge in [0.25, 0.3) is 0 Å². The lowest BCUT2D eigenvalue weighted by Crippen LogP contribution is -2.00. The zero-order chi connectivity index (χ0) is 21.5. The normalized spacial score (nSPS) is 11.1. The highest BCUT2D eigenvalue weighted by Gasteiger charge is 2.09. The van der Waals surface area contributed by atoms with Crippen LogP contribution in [-0.2, 0) is 6.61 Å². The summed E-state index contributed by atoms with van der Waals surface area (Å²) in [7, 11) is 0. The predicted molar refractivity (Wildman–Crippen MR) is 123 cm³/mol. The van der Waals surface area contributed by atoms with Gasteiger partial charge in [-0.15, -0.1) is 0 Å². The maximum absolute atomic E-state index is 9.56. The lowest BCUT2D eigenvalue weighted by atomic mass is 10.0.